The Morgan fingerprint density at radius 2 is 2.12 bits per heavy atom. The number of ether oxygens (including phenoxy) is 2. The molecule has 0 amide bonds. The van der Waals surface area contributed by atoms with Crippen LogP contribution >= 0.6 is 15.9 Å². The van der Waals surface area contributed by atoms with Crippen molar-refractivity contribution in [1.29, 1.82) is 0 Å². The van der Waals surface area contributed by atoms with Gasteiger partial charge in [-0.1, -0.05) is 22.0 Å². The van der Waals surface area contributed by atoms with Crippen LogP contribution < -0.4 is 9.47 Å². The molecule has 0 aliphatic heterocycles. The van der Waals surface area contributed by atoms with Crippen molar-refractivity contribution < 1.29 is 14.6 Å². The molecular weight excluding hydrogens is 272 g/mol. The van der Waals surface area contributed by atoms with E-state index in [4.69, 9.17) is 9.47 Å². The zero-order chi connectivity index (χ0) is 12.0. The molecule has 1 rings (SSSR count). The number of benzene rings is 1. The first-order valence-corrected chi connectivity index (χ1v) is 6.36. The molecule has 0 spiro atoms. The third kappa shape index (κ3) is 3.68. The Labute approximate surface area is 105 Å². The fourth-order valence-corrected chi connectivity index (χ4v) is 1.53. The Balaban J connectivity index is 2.76. The molecule has 0 saturated carbocycles. The highest BCUT2D eigenvalue weighted by Crippen LogP contribution is 2.30. The van der Waals surface area contributed by atoms with Gasteiger partial charge in [0.2, 0.25) is 0 Å². The van der Waals surface area contributed by atoms with Gasteiger partial charge in [-0.15, -0.1) is 0 Å². The Morgan fingerprint density at radius 3 is 2.69 bits per heavy atom. The standard InChI is InChI=1S/C12H17BrO3/c1-9(14)10-4-5-11(12(8-10)15-2)16-7-3-6-13/h4-5,8-9,14H,3,6-7H2,1-2H3. The second kappa shape index (κ2) is 6.76. The van der Waals surface area contributed by atoms with Gasteiger partial charge in [0.15, 0.2) is 11.5 Å². The van der Waals surface area contributed by atoms with Crippen molar-refractivity contribution in [2.24, 2.45) is 0 Å². The zero-order valence-electron chi connectivity index (χ0n) is 9.57. The Kier molecular flexibility index (Phi) is 5.63. The molecule has 0 heterocycles. The van der Waals surface area contributed by atoms with Crippen LogP contribution in [0, 0.1) is 0 Å². The number of rotatable bonds is 6. The largest absolute Gasteiger partial charge is 0.493 e. The van der Waals surface area contributed by atoms with E-state index in [1.54, 1.807) is 20.1 Å². The first-order chi connectivity index (χ1) is 7.69. The summed E-state index contributed by atoms with van der Waals surface area (Å²) in [6.45, 7) is 2.37. The van der Waals surface area contributed by atoms with E-state index in [0.717, 1.165) is 17.3 Å². The van der Waals surface area contributed by atoms with E-state index in [1.165, 1.54) is 0 Å². The van der Waals surface area contributed by atoms with Crippen LogP contribution in [0.1, 0.15) is 25.0 Å². The predicted octanol–water partition coefficient (Wildman–Crippen LogP) is 2.91. The van der Waals surface area contributed by atoms with Gasteiger partial charge >= 0.3 is 0 Å². The van der Waals surface area contributed by atoms with Gasteiger partial charge in [-0.25, -0.2) is 0 Å². The molecule has 0 saturated heterocycles. The third-order valence-corrected chi connectivity index (χ3v) is 2.77. The molecule has 1 atom stereocenters. The molecule has 16 heavy (non-hydrogen) atoms. The summed E-state index contributed by atoms with van der Waals surface area (Å²) in [5.74, 6) is 1.38. The van der Waals surface area contributed by atoms with Crippen LogP contribution in [0.4, 0.5) is 0 Å². The lowest BCUT2D eigenvalue weighted by Gasteiger charge is -2.12. The topological polar surface area (TPSA) is 38.7 Å². The summed E-state index contributed by atoms with van der Waals surface area (Å²) in [6.07, 6.45) is 0.451. The number of halogens is 1. The maximum absolute atomic E-state index is 9.45. The molecule has 1 N–H and O–H groups in total. The van der Waals surface area contributed by atoms with Crippen molar-refractivity contribution in [3.63, 3.8) is 0 Å². The van der Waals surface area contributed by atoms with Crippen LogP contribution in [0.2, 0.25) is 0 Å². The fourth-order valence-electron chi connectivity index (χ4n) is 1.30. The van der Waals surface area contributed by atoms with Gasteiger partial charge in [0.1, 0.15) is 0 Å². The lowest BCUT2D eigenvalue weighted by atomic mass is 10.1. The molecule has 0 fully saturated rings. The first-order valence-electron chi connectivity index (χ1n) is 5.23. The highest BCUT2D eigenvalue weighted by molar-refractivity contribution is 9.09. The van der Waals surface area contributed by atoms with E-state index < -0.39 is 6.10 Å². The van der Waals surface area contributed by atoms with E-state index in [1.807, 2.05) is 12.1 Å². The zero-order valence-corrected chi connectivity index (χ0v) is 11.2. The van der Waals surface area contributed by atoms with Crippen molar-refractivity contribution in [3.05, 3.63) is 23.8 Å². The Morgan fingerprint density at radius 1 is 1.38 bits per heavy atom. The van der Waals surface area contributed by atoms with Crippen molar-refractivity contribution >= 4 is 15.9 Å². The number of alkyl halides is 1. The van der Waals surface area contributed by atoms with Gasteiger partial charge in [-0.3, -0.25) is 0 Å². The fraction of sp³-hybridized carbons (Fsp3) is 0.500. The monoisotopic (exact) mass is 288 g/mol. The predicted molar refractivity (Wildman–Crippen MR) is 67.5 cm³/mol. The number of aliphatic hydroxyl groups is 1. The van der Waals surface area contributed by atoms with Gasteiger partial charge in [0, 0.05) is 5.33 Å². The lowest BCUT2D eigenvalue weighted by molar-refractivity contribution is 0.198. The van der Waals surface area contributed by atoms with E-state index in [-0.39, 0.29) is 0 Å². The van der Waals surface area contributed by atoms with Crippen LogP contribution in [0.15, 0.2) is 18.2 Å². The van der Waals surface area contributed by atoms with Gasteiger partial charge < -0.3 is 14.6 Å². The Hall–Kier alpha value is -0.740. The summed E-state index contributed by atoms with van der Waals surface area (Å²) in [4.78, 5) is 0. The van der Waals surface area contributed by atoms with Crippen molar-refractivity contribution in [2.45, 2.75) is 19.4 Å². The van der Waals surface area contributed by atoms with Crippen LogP contribution in [0.3, 0.4) is 0 Å². The molecule has 1 aromatic rings. The molecule has 0 radical (unpaired) electrons. The summed E-state index contributed by atoms with van der Waals surface area (Å²) >= 11 is 3.34. The minimum atomic E-state index is -0.495. The smallest absolute Gasteiger partial charge is 0.161 e. The summed E-state index contributed by atoms with van der Waals surface area (Å²) < 4.78 is 10.8. The molecule has 4 heteroatoms. The van der Waals surface area contributed by atoms with Crippen LogP contribution in [0.25, 0.3) is 0 Å². The number of hydrogen-bond donors (Lipinski definition) is 1. The molecule has 90 valence electrons. The van der Waals surface area contributed by atoms with Gasteiger partial charge in [-0.05, 0) is 31.0 Å². The SMILES string of the molecule is COc1cc(C(C)O)ccc1OCCCBr. The molecule has 0 bridgehead atoms. The molecule has 0 aromatic heterocycles. The first kappa shape index (κ1) is 13.3. The minimum Gasteiger partial charge on any atom is -0.493 e. The average molecular weight is 289 g/mol. The molecular formula is C12H17BrO3. The van der Waals surface area contributed by atoms with Crippen molar-refractivity contribution in [1.82, 2.24) is 0 Å². The minimum absolute atomic E-state index is 0.495. The average Bonchev–Trinajstić information content (AvgIpc) is 2.29. The summed E-state index contributed by atoms with van der Waals surface area (Å²) in [6, 6.07) is 5.47. The van der Waals surface area contributed by atoms with Gasteiger partial charge in [0.25, 0.3) is 0 Å². The lowest BCUT2D eigenvalue weighted by Crippen LogP contribution is -2.01. The highest BCUT2D eigenvalue weighted by Gasteiger charge is 2.08. The van der Waals surface area contributed by atoms with E-state index in [9.17, 15) is 5.11 Å². The van der Waals surface area contributed by atoms with Crippen molar-refractivity contribution in [3.8, 4) is 11.5 Å². The van der Waals surface area contributed by atoms with Crippen molar-refractivity contribution in [2.75, 3.05) is 19.0 Å². The second-order valence-electron chi connectivity index (χ2n) is 3.48. The Bertz CT molecular complexity index is 326. The number of methoxy groups -OCH3 is 1. The van der Waals surface area contributed by atoms with E-state index >= 15 is 0 Å². The molecule has 1 unspecified atom stereocenters. The van der Waals surface area contributed by atoms with E-state index in [0.29, 0.717) is 18.1 Å². The molecule has 1 aromatic carbocycles. The number of hydrogen-bond acceptors (Lipinski definition) is 3. The van der Waals surface area contributed by atoms with Crippen LogP contribution in [-0.4, -0.2) is 24.2 Å². The quantitative estimate of drug-likeness (QED) is 0.646. The molecule has 0 aliphatic carbocycles. The number of aliphatic hydroxyl groups excluding tert-OH is 1. The third-order valence-electron chi connectivity index (χ3n) is 2.21. The van der Waals surface area contributed by atoms with Gasteiger partial charge in [-0.2, -0.15) is 0 Å². The summed E-state index contributed by atoms with van der Waals surface area (Å²) in [5, 5.41) is 10.4. The normalized spacial score (nSPS) is 12.2. The second-order valence-corrected chi connectivity index (χ2v) is 4.27. The van der Waals surface area contributed by atoms with Gasteiger partial charge in [0.05, 0.1) is 19.8 Å². The maximum Gasteiger partial charge on any atom is 0.161 e. The van der Waals surface area contributed by atoms with Crippen LogP contribution in [0.5, 0.6) is 11.5 Å². The van der Waals surface area contributed by atoms with E-state index in [2.05, 4.69) is 15.9 Å². The highest BCUT2D eigenvalue weighted by atomic mass is 79.9. The summed E-state index contributed by atoms with van der Waals surface area (Å²) in [7, 11) is 1.60. The maximum atomic E-state index is 9.45. The summed E-state index contributed by atoms with van der Waals surface area (Å²) in [5.41, 5.74) is 0.824. The van der Waals surface area contributed by atoms with Crippen LogP contribution in [-0.2, 0) is 0 Å². The molecule has 3 nitrogen and oxygen atoms in total. The molecule has 0 aliphatic rings.